The van der Waals surface area contributed by atoms with E-state index in [4.69, 9.17) is 8.83 Å². The summed E-state index contributed by atoms with van der Waals surface area (Å²) in [5.74, 6) is 0. The zero-order valence-corrected chi connectivity index (χ0v) is 19.9. The predicted molar refractivity (Wildman–Crippen MR) is 153 cm³/mol. The summed E-state index contributed by atoms with van der Waals surface area (Å²) in [7, 11) is 0. The molecule has 0 aliphatic carbocycles. The predicted octanol–water partition coefficient (Wildman–Crippen LogP) is 10.1. The Kier molecular flexibility index (Phi) is 4.23. The van der Waals surface area contributed by atoms with E-state index in [1.807, 2.05) is 18.2 Å². The van der Waals surface area contributed by atoms with Gasteiger partial charge >= 0.3 is 0 Å². The molecule has 0 amide bonds. The lowest BCUT2D eigenvalue weighted by Crippen LogP contribution is -2.10. The van der Waals surface area contributed by atoms with E-state index in [9.17, 15) is 0 Å². The lowest BCUT2D eigenvalue weighted by molar-refractivity contribution is 0.669. The average Bonchev–Trinajstić information content (AvgIpc) is 3.53. The first-order chi connectivity index (χ1) is 18.4. The zero-order chi connectivity index (χ0) is 24.3. The minimum atomic E-state index is 0.869. The Bertz CT molecular complexity index is 2100. The summed E-state index contributed by atoms with van der Waals surface area (Å²) in [6.07, 6.45) is 0. The third-order valence-electron chi connectivity index (χ3n) is 7.24. The summed E-state index contributed by atoms with van der Waals surface area (Å²) in [5, 5.41) is 6.69. The lowest BCUT2D eigenvalue weighted by Gasteiger charge is -2.26. The molecule has 3 nitrogen and oxygen atoms in total. The van der Waals surface area contributed by atoms with Crippen LogP contribution in [-0.4, -0.2) is 0 Å². The first-order valence-corrected chi connectivity index (χ1v) is 12.5. The normalized spacial score (nSPS) is 11.8. The van der Waals surface area contributed by atoms with Gasteiger partial charge in [0.2, 0.25) is 0 Å². The van der Waals surface area contributed by atoms with Crippen LogP contribution in [0.15, 0.2) is 136 Å². The molecule has 0 saturated carbocycles. The Morgan fingerprint density at radius 2 is 1.03 bits per heavy atom. The summed E-state index contributed by atoms with van der Waals surface area (Å²) in [6, 6.07) is 44.1. The number of fused-ring (bicyclic) bond motifs is 8. The molecule has 0 unspecified atom stereocenters. The van der Waals surface area contributed by atoms with Crippen molar-refractivity contribution in [3.8, 4) is 0 Å². The number of furan rings is 2. The molecule has 2 heterocycles. The van der Waals surface area contributed by atoms with Crippen molar-refractivity contribution < 1.29 is 8.83 Å². The average molecular weight is 476 g/mol. The van der Waals surface area contributed by atoms with Gasteiger partial charge in [0.15, 0.2) is 0 Å². The summed E-state index contributed by atoms with van der Waals surface area (Å²) in [4.78, 5) is 2.33. The van der Waals surface area contributed by atoms with Crippen molar-refractivity contribution >= 4 is 71.7 Å². The summed E-state index contributed by atoms with van der Waals surface area (Å²) >= 11 is 0. The molecular weight excluding hydrogens is 454 g/mol. The molecule has 0 aliphatic heterocycles. The van der Waals surface area contributed by atoms with Crippen molar-refractivity contribution in [3.63, 3.8) is 0 Å². The largest absolute Gasteiger partial charge is 0.456 e. The van der Waals surface area contributed by atoms with Crippen molar-refractivity contribution in [3.05, 3.63) is 127 Å². The number of rotatable bonds is 3. The van der Waals surface area contributed by atoms with Crippen LogP contribution in [0.5, 0.6) is 0 Å². The van der Waals surface area contributed by atoms with Gasteiger partial charge in [0.05, 0.1) is 22.1 Å². The van der Waals surface area contributed by atoms with Gasteiger partial charge < -0.3 is 13.7 Å². The highest BCUT2D eigenvalue weighted by Gasteiger charge is 2.23. The van der Waals surface area contributed by atoms with Crippen LogP contribution in [-0.2, 0) is 0 Å². The molecule has 0 aliphatic rings. The van der Waals surface area contributed by atoms with Crippen molar-refractivity contribution in [1.29, 1.82) is 0 Å². The summed E-state index contributed by atoms with van der Waals surface area (Å²) in [6.45, 7) is 0. The van der Waals surface area contributed by atoms with Gasteiger partial charge in [-0.05, 0) is 53.9 Å². The van der Waals surface area contributed by atoms with E-state index in [0.29, 0.717) is 0 Å². The van der Waals surface area contributed by atoms with Crippen molar-refractivity contribution in [1.82, 2.24) is 0 Å². The van der Waals surface area contributed by atoms with Crippen LogP contribution >= 0.6 is 0 Å². The Balaban J connectivity index is 1.51. The molecule has 6 aromatic carbocycles. The molecule has 0 bridgehead atoms. The van der Waals surface area contributed by atoms with Crippen LogP contribution in [0.3, 0.4) is 0 Å². The van der Waals surface area contributed by atoms with Crippen LogP contribution in [0.25, 0.3) is 54.6 Å². The standard InChI is InChI=1S/C34H21NO2/c1-2-11-23(12-3-1)35(27-15-8-18-30-32(27)25-14-6-7-17-29(25)36-30)28-16-9-19-31-33(28)26-21-20-22-10-4-5-13-24(22)34(26)37-31/h1-21H. The number of para-hydroxylation sites is 2. The molecule has 174 valence electrons. The van der Waals surface area contributed by atoms with Gasteiger partial charge in [-0.25, -0.2) is 0 Å². The molecule has 37 heavy (non-hydrogen) atoms. The zero-order valence-electron chi connectivity index (χ0n) is 19.9. The van der Waals surface area contributed by atoms with Gasteiger partial charge in [-0.2, -0.15) is 0 Å². The minimum absolute atomic E-state index is 0.869. The first kappa shape index (κ1) is 20.2. The van der Waals surface area contributed by atoms with Gasteiger partial charge in [-0.3, -0.25) is 0 Å². The molecule has 8 aromatic rings. The van der Waals surface area contributed by atoms with E-state index in [1.54, 1.807) is 0 Å². The van der Waals surface area contributed by atoms with Gasteiger partial charge in [0, 0.05) is 21.8 Å². The fraction of sp³-hybridized carbons (Fsp3) is 0. The highest BCUT2D eigenvalue weighted by molar-refractivity contribution is 6.21. The number of benzene rings is 6. The Hall–Kier alpha value is -5.02. The maximum atomic E-state index is 6.53. The maximum absolute atomic E-state index is 6.53. The van der Waals surface area contributed by atoms with E-state index in [-0.39, 0.29) is 0 Å². The Morgan fingerprint density at radius 3 is 1.84 bits per heavy atom. The second-order valence-electron chi connectivity index (χ2n) is 9.34. The molecule has 0 fully saturated rings. The minimum Gasteiger partial charge on any atom is -0.456 e. The molecule has 0 radical (unpaired) electrons. The highest BCUT2D eigenvalue weighted by Crippen LogP contribution is 2.47. The van der Waals surface area contributed by atoms with Gasteiger partial charge in [0.1, 0.15) is 22.3 Å². The number of anilines is 3. The van der Waals surface area contributed by atoms with E-state index >= 15 is 0 Å². The monoisotopic (exact) mass is 475 g/mol. The summed E-state index contributed by atoms with van der Waals surface area (Å²) in [5.41, 5.74) is 6.75. The maximum Gasteiger partial charge on any atom is 0.143 e. The smallest absolute Gasteiger partial charge is 0.143 e. The fourth-order valence-corrected chi connectivity index (χ4v) is 5.65. The molecule has 3 heteroatoms. The van der Waals surface area contributed by atoms with Crippen LogP contribution < -0.4 is 4.90 Å². The molecule has 0 N–H and O–H groups in total. The second kappa shape index (κ2) is 7.74. The van der Waals surface area contributed by atoms with Crippen molar-refractivity contribution in [2.75, 3.05) is 4.90 Å². The van der Waals surface area contributed by atoms with E-state index in [1.165, 1.54) is 5.39 Å². The Morgan fingerprint density at radius 1 is 0.405 bits per heavy atom. The quantitative estimate of drug-likeness (QED) is 0.255. The molecule has 0 atom stereocenters. The third-order valence-corrected chi connectivity index (χ3v) is 7.24. The fourth-order valence-electron chi connectivity index (χ4n) is 5.65. The third kappa shape index (κ3) is 2.95. The number of hydrogen-bond acceptors (Lipinski definition) is 3. The van der Waals surface area contributed by atoms with Gasteiger partial charge in [-0.1, -0.05) is 78.9 Å². The van der Waals surface area contributed by atoms with Gasteiger partial charge in [0.25, 0.3) is 0 Å². The first-order valence-electron chi connectivity index (χ1n) is 12.5. The molecule has 8 rings (SSSR count). The summed E-state index contributed by atoms with van der Waals surface area (Å²) < 4.78 is 12.8. The SMILES string of the molecule is c1ccc(N(c2cccc3oc4ccccc4c23)c2cccc3oc4c5ccccc5ccc4c23)cc1. The van der Waals surface area contributed by atoms with Crippen LogP contribution in [0.2, 0.25) is 0 Å². The van der Waals surface area contributed by atoms with E-state index in [0.717, 1.165) is 66.3 Å². The topological polar surface area (TPSA) is 29.5 Å². The van der Waals surface area contributed by atoms with Crippen molar-refractivity contribution in [2.45, 2.75) is 0 Å². The molecular formula is C34H21NO2. The lowest BCUT2D eigenvalue weighted by atomic mass is 10.0. The number of hydrogen-bond donors (Lipinski definition) is 0. The molecule has 0 spiro atoms. The second-order valence-corrected chi connectivity index (χ2v) is 9.34. The van der Waals surface area contributed by atoms with E-state index in [2.05, 4.69) is 114 Å². The molecule has 2 aromatic heterocycles. The van der Waals surface area contributed by atoms with E-state index < -0.39 is 0 Å². The van der Waals surface area contributed by atoms with Gasteiger partial charge in [-0.15, -0.1) is 0 Å². The van der Waals surface area contributed by atoms with Crippen LogP contribution in [0.4, 0.5) is 17.1 Å². The van der Waals surface area contributed by atoms with Crippen LogP contribution in [0, 0.1) is 0 Å². The molecule has 0 saturated heterocycles. The Labute approximate surface area is 212 Å². The van der Waals surface area contributed by atoms with Crippen LogP contribution in [0.1, 0.15) is 0 Å². The highest BCUT2D eigenvalue weighted by atomic mass is 16.3. The van der Waals surface area contributed by atoms with Crippen molar-refractivity contribution in [2.24, 2.45) is 0 Å². The number of nitrogens with zero attached hydrogens (tertiary/aromatic N) is 1.